The Hall–Kier alpha value is -3.03. The SMILES string of the molecule is Cc1cccc(NC(=O)c2cc(N3CCCC(C(N)=O)C3)cc(C(F)(F)F)c2)c1. The lowest BCUT2D eigenvalue weighted by Gasteiger charge is -2.33. The van der Waals surface area contributed by atoms with Crippen LogP contribution in [0.5, 0.6) is 0 Å². The number of piperidine rings is 1. The molecule has 154 valence electrons. The van der Waals surface area contributed by atoms with Crippen molar-refractivity contribution in [1.29, 1.82) is 0 Å². The van der Waals surface area contributed by atoms with E-state index >= 15 is 0 Å². The maximum absolute atomic E-state index is 13.4. The minimum absolute atomic E-state index is 0.0995. The summed E-state index contributed by atoms with van der Waals surface area (Å²) in [5, 5.41) is 2.64. The number of hydrogen-bond acceptors (Lipinski definition) is 3. The summed E-state index contributed by atoms with van der Waals surface area (Å²) in [7, 11) is 0. The average Bonchev–Trinajstić information content (AvgIpc) is 2.67. The van der Waals surface area contributed by atoms with Gasteiger partial charge in [0.1, 0.15) is 0 Å². The highest BCUT2D eigenvalue weighted by atomic mass is 19.4. The molecule has 8 heteroatoms. The number of amides is 2. The molecule has 5 nitrogen and oxygen atoms in total. The molecule has 1 aliphatic rings. The van der Waals surface area contributed by atoms with Crippen molar-refractivity contribution < 1.29 is 22.8 Å². The lowest BCUT2D eigenvalue weighted by molar-refractivity contribution is -0.137. The van der Waals surface area contributed by atoms with Crippen LogP contribution in [0.25, 0.3) is 0 Å². The van der Waals surface area contributed by atoms with Crippen molar-refractivity contribution in [2.24, 2.45) is 11.7 Å². The molecule has 1 atom stereocenters. The Morgan fingerprint density at radius 2 is 1.93 bits per heavy atom. The van der Waals surface area contributed by atoms with Gasteiger partial charge in [-0.25, -0.2) is 0 Å². The molecule has 0 radical (unpaired) electrons. The smallest absolute Gasteiger partial charge is 0.371 e. The molecule has 1 aliphatic heterocycles. The predicted molar refractivity (Wildman–Crippen MR) is 105 cm³/mol. The van der Waals surface area contributed by atoms with Gasteiger partial charge in [-0.05, 0) is 55.7 Å². The zero-order valence-corrected chi connectivity index (χ0v) is 15.9. The van der Waals surface area contributed by atoms with Crippen molar-refractivity contribution in [2.45, 2.75) is 25.9 Å². The Morgan fingerprint density at radius 1 is 1.17 bits per heavy atom. The molecule has 1 heterocycles. The largest absolute Gasteiger partial charge is 0.416 e. The maximum atomic E-state index is 13.4. The summed E-state index contributed by atoms with van der Waals surface area (Å²) in [5.41, 5.74) is 6.03. The molecule has 0 saturated carbocycles. The number of nitrogens with two attached hydrogens (primary N) is 1. The zero-order chi connectivity index (χ0) is 21.2. The van der Waals surface area contributed by atoms with Crippen LogP contribution in [-0.2, 0) is 11.0 Å². The third-order valence-electron chi connectivity index (χ3n) is 4.97. The Morgan fingerprint density at radius 3 is 2.59 bits per heavy atom. The van der Waals surface area contributed by atoms with Crippen molar-refractivity contribution in [3.63, 3.8) is 0 Å². The first-order valence-electron chi connectivity index (χ1n) is 9.28. The number of carbonyl (C=O) groups excluding carboxylic acids is 2. The van der Waals surface area contributed by atoms with Crippen LogP contribution in [0.2, 0.25) is 0 Å². The van der Waals surface area contributed by atoms with E-state index in [2.05, 4.69) is 5.32 Å². The van der Waals surface area contributed by atoms with Crippen molar-refractivity contribution >= 4 is 23.2 Å². The highest BCUT2D eigenvalue weighted by Crippen LogP contribution is 2.34. The number of rotatable bonds is 4. The van der Waals surface area contributed by atoms with Crippen LogP contribution in [0, 0.1) is 12.8 Å². The van der Waals surface area contributed by atoms with Gasteiger partial charge in [0.05, 0.1) is 11.5 Å². The molecule has 0 spiro atoms. The van der Waals surface area contributed by atoms with E-state index in [1.54, 1.807) is 23.1 Å². The van der Waals surface area contributed by atoms with E-state index in [0.29, 0.717) is 25.1 Å². The summed E-state index contributed by atoms with van der Waals surface area (Å²) in [6, 6.07) is 10.3. The van der Waals surface area contributed by atoms with E-state index in [9.17, 15) is 22.8 Å². The van der Waals surface area contributed by atoms with Crippen LogP contribution in [0.1, 0.15) is 34.3 Å². The third-order valence-corrected chi connectivity index (χ3v) is 4.97. The molecule has 0 bridgehead atoms. The molecule has 1 unspecified atom stereocenters. The topological polar surface area (TPSA) is 75.4 Å². The predicted octanol–water partition coefficient (Wildman–Crippen LogP) is 3.97. The van der Waals surface area contributed by atoms with E-state index < -0.39 is 29.5 Å². The molecule has 2 aromatic carbocycles. The Kier molecular flexibility index (Phi) is 5.81. The fraction of sp³-hybridized carbons (Fsp3) is 0.333. The van der Waals surface area contributed by atoms with Crippen LogP contribution in [-0.4, -0.2) is 24.9 Å². The number of primary amides is 1. The van der Waals surface area contributed by atoms with Gasteiger partial charge in [0.15, 0.2) is 0 Å². The van der Waals surface area contributed by atoms with E-state index in [1.807, 2.05) is 13.0 Å². The summed E-state index contributed by atoms with van der Waals surface area (Å²) in [5.74, 6) is -1.53. The van der Waals surface area contributed by atoms with Gasteiger partial charge in [-0.2, -0.15) is 13.2 Å². The first kappa shape index (κ1) is 20.7. The zero-order valence-electron chi connectivity index (χ0n) is 15.9. The number of benzene rings is 2. The second-order valence-electron chi connectivity index (χ2n) is 7.28. The number of nitrogens with one attached hydrogen (secondary N) is 1. The first-order valence-corrected chi connectivity index (χ1v) is 9.28. The van der Waals surface area contributed by atoms with Crippen molar-refractivity contribution in [1.82, 2.24) is 0 Å². The number of anilines is 2. The quantitative estimate of drug-likeness (QED) is 0.808. The molecule has 29 heavy (non-hydrogen) atoms. The van der Waals surface area contributed by atoms with Crippen molar-refractivity contribution in [3.05, 3.63) is 59.2 Å². The van der Waals surface area contributed by atoms with Gasteiger partial charge < -0.3 is 16.0 Å². The normalized spacial score (nSPS) is 17.1. The monoisotopic (exact) mass is 405 g/mol. The van der Waals surface area contributed by atoms with Gasteiger partial charge in [-0.15, -0.1) is 0 Å². The van der Waals surface area contributed by atoms with Gasteiger partial charge in [0.2, 0.25) is 5.91 Å². The minimum Gasteiger partial charge on any atom is -0.371 e. The van der Waals surface area contributed by atoms with Crippen LogP contribution in [0.3, 0.4) is 0 Å². The van der Waals surface area contributed by atoms with Gasteiger partial charge in [-0.1, -0.05) is 12.1 Å². The average molecular weight is 405 g/mol. The fourth-order valence-corrected chi connectivity index (χ4v) is 3.46. The lowest BCUT2D eigenvalue weighted by Crippen LogP contribution is -2.41. The van der Waals surface area contributed by atoms with E-state index in [-0.39, 0.29) is 17.8 Å². The van der Waals surface area contributed by atoms with Crippen LogP contribution >= 0.6 is 0 Å². The van der Waals surface area contributed by atoms with E-state index in [4.69, 9.17) is 5.73 Å². The molecule has 2 amide bonds. The second kappa shape index (κ2) is 8.14. The number of aryl methyl sites for hydroxylation is 1. The molecular weight excluding hydrogens is 383 g/mol. The standard InChI is InChI=1S/C21H22F3N3O2/c1-13-4-2-6-17(8-13)26-20(29)15-9-16(21(22,23)24)11-18(10-15)27-7-3-5-14(12-27)19(25)28/h2,4,6,8-11,14H,3,5,7,12H2,1H3,(H2,25,28)(H,26,29). The molecule has 0 aliphatic carbocycles. The van der Waals surface area contributed by atoms with Gasteiger partial charge >= 0.3 is 6.18 Å². The minimum atomic E-state index is -4.60. The van der Waals surface area contributed by atoms with Gasteiger partial charge in [-0.3, -0.25) is 9.59 Å². The number of nitrogens with zero attached hydrogens (tertiary/aromatic N) is 1. The number of alkyl halides is 3. The third kappa shape index (κ3) is 5.07. The van der Waals surface area contributed by atoms with E-state index in [0.717, 1.165) is 17.7 Å². The molecule has 0 aromatic heterocycles. The summed E-state index contributed by atoms with van der Waals surface area (Å²) in [6.45, 7) is 2.57. The second-order valence-corrected chi connectivity index (χ2v) is 7.28. The number of hydrogen-bond donors (Lipinski definition) is 2. The first-order chi connectivity index (χ1) is 13.6. The molecule has 3 N–H and O–H groups in total. The summed E-state index contributed by atoms with van der Waals surface area (Å²) >= 11 is 0. The Bertz CT molecular complexity index is 928. The summed E-state index contributed by atoms with van der Waals surface area (Å²) < 4.78 is 40.3. The maximum Gasteiger partial charge on any atom is 0.416 e. The highest BCUT2D eigenvalue weighted by molar-refractivity contribution is 6.05. The van der Waals surface area contributed by atoms with Crippen LogP contribution in [0.15, 0.2) is 42.5 Å². The summed E-state index contributed by atoms with van der Waals surface area (Å²) in [4.78, 5) is 25.8. The van der Waals surface area contributed by atoms with E-state index in [1.165, 1.54) is 6.07 Å². The van der Waals surface area contributed by atoms with Gasteiger partial charge in [0.25, 0.3) is 5.91 Å². The van der Waals surface area contributed by atoms with Crippen LogP contribution in [0.4, 0.5) is 24.5 Å². The molecule has 1 saturated heterocycles. The Balaban J connectivity index is 1.93. The molecule has 2 aromatic rings. The fourth-order valence-electron chi connectivity index (χ4n) is 3.46. The number of carbonyl (C=O) groups is 2. The molecule has 1 fully saturated rings. The Labute approximate surface area is 166 Å². The summed E-state index contributed by atoms with van der Waals surface area (Å²) in [6.07, 6.45) is -3.37. The highest BCUT2D eigenvalue weighted by Gasteiger charge is 2.33. The number of halogens is 3. The van der Waals surface area contributed by atoms with Gasteiger partial charge in [0, 0.05) is 30.0 Å². The molecule has 3 rings (SSSR count). The van der Waals surface area contributed by atoms with Crippen molar-refractivity contribution in [3.8, 4) is 0 Å². The van der Waals surface area contributed by atoms with Crippen LogP contribution < -0.4 is 16.0 Å². The lowest BCUT2D eigenvalue weighted by atomic mass is 9.96. The van der Waals surface area contributed by atoms with Crippen molar-refractivity contribution in [2.75, 3.05) is 23.3 Å². The molecular formula is C21H22F3N3O2.